The first-order chi connectivity index (χ1) is 8.65. The van der Waals surface area contributed by atoms with Crippen LogP contribution in [0.4, 0.5) is 0 Å². The molecule has 4 heteroatoms. The first-order valence-corrected chi connectivity index (χ1v) is 6.94. The molecule has 0 bridgehead atoms. The summed E-state index contributed by atoms with van der Waals surface area (Å²) >= 11 is 0. The summed E-state index contributed by atoms with van der Waals surface area (Å²) in [5.41, 5.74) is 2.43. The monoisotopic (exact) mass is 253 g/mol. The van der Waals surface area contributed by atoms with Crippen LogP contribution < -0.4 is 5.32 Å². The minimum absolute atomic E-state index is 0.255. The summed E-state index contributed by atoms with van der Waals surface area (Å²) in [6, 6.07) is 2.55. The van der Waals surface area contributed by atoms with Crippen LogP contribution in [0.2, 0.25) is 0 Å². The molecule has 1 aromatic heterocycles. The lowest BCUT2D eigenvalue weighted by Gasteiger charge is -2.25. The van der Waals surface area contributed by atoms with Crippen molar-refractivity contribution in [2.75, 3.05) is 13.7 Å². The third-order valence-electron chi connectivity index (χ3n) is 3.44. The van der Waals surface area contributed by atoms with Crippen molar-refractivity contribution in [2.45, 2.75) is 52.2 Å². The molecule has 0 aliphatic rings. The molecule has 2 atom stereocenters. The molecule has 0 saturated heterocycles. The van der Waals surface area contributed by atoms with Crippen molar-refractivity contribution in [2.24, 2.45) is 7.05 Å². The Balaban J connectivity index is 2.78. The average molecular weight is 253 g/mol. The van der Waals surface area contributed by atoms with E-state index in [2.05, 4.69) is 37.3 Å². The van der Waals surface area contributed by atoms with Gasteiger partial charge < -0.3 is 10.1 Å². The van der Waals surface area contributed by atoms with Crippen LogP contribution in [0.15, 0.2) is 6.07 Å². The van der Waals surface area contributed by atoms with Crippen molar-refractivity contribution in [1.82, 2.24) is 15.1 Å². The molecule has 1 N–H and O–H groups in total. The number of hydrogen-bond donors (Lipinski definition) is 1. The predicted molar refractivity (Wildman–Crippen MR) is 74.8 cm³/mol. The fourth-order valence-electron chi connectivity index (χ4n) is 2.37. The molecule has 0 radical (unpaired) electrons. The summed E-state index contributed by atoms with van der Waals surface area (Å²) in [7, 11) is 3.81. The fourth-order valence-corrected chi connectivity index (χ4v) is 2.37. The Morgan fingerprint density at radius 3 is 2.56 bits per heavy atom. The molecule has 0 aliphatic heterocycles. The largest absolute Gasteiger partial charge is 0.380 e. The minimum atomic E-state index is 0.255. The summed E-state index contributed by atoms with van der Waals surface area (Å²) in [5, 5.41) is 8.02. The van der Waals surface area contributed by atoms with Crippen molar-refractivity contribution in [1.29, 1.82) is 0 Å². The second-order valence-electron chi connectivity index (χ2n) is 4.65. The Morgan fingerprint density at radius 1 is 1.39 bits per heavy atom. The van der Waals surface area contributed by atoms with Crippen LogP contribution in [0.1, 0.15) is 38.6 Å². The maximum absolute atomic E-state index is 5.57. The number of aromatic nitrogens is 2. The molecule has 0 aliphatic carbocycles. The lowest BCUT2D eigenvalue weighted by Crippen LogP contribution is -2.42. The molecule has 0 saturated carbocycles. The van der Waals surface area contributed by atoms with Crippen LogP contribution in [0.25, 0.3) is 0 Å². The smallest absolute Gasteiger partial charge is 0.0725 e. The summed E-state index contributed by atoms with van der Waals surface area (Å²) in [6.07, 6.45) is 3.22. The number of ether oxygens (including phenoxy) is 1. The number of nitrogens with one attached hydrogen (secondary N) is 1. The van der Waals surface area contributed by atoms with E-state index >= 15 is 0 Å². The maximum atomic E-state index is 5.57. The van der Waals surface area contributed by atoms with E-state index in [0.29, 0.717) is 6.04 Å². The summed E-state index contributed by atoms with van der Waals surface area (Å²) in [5.74, 6) is 0. The minimum Gasteiger partial charge on any atom is -0.380 e. The molecule has 2 unspecified atom stereocenters. The van der Waals surface area contributed by atoms with Gasteiger partial charge in [-0.25, -0.2) is 0 Å². The standard InChI is InChI=1S/C14H27N3O/c1-6-11-9-12(17(4)16-11)10-13(15-8-3)14(7-2)18-5/h9,13-15H,6-8,10H2,1-5H3. The van der Waals surface area contributed by atoms with Gasteiger partial charge in [0.2, 0.25) is 0 Å². The lowest BCUT2D eigenvalue weighted by molar-refractivity contribution is 0.0653. The SMILES string of the molecule is CCNC(Cc1cc(CC)nn1C)C(CC)OC. The Labute approximate surface area is 111 Å². The molecule has 18 heavy (non-hydrogen) atoms. The Hall–Kier alpha value is -0.870. The van der Waals surface area contributed by atoms with Crippen LogP contribution in [0, 0.1) is 0 Å². The van der Waals surface area contributed by atoms with Crippen molar-refractivity contribution in [3.63, 3.8) is 0 Å². The first kappa shape index (κ1) is 15.2. The number of hydrogen-bond acceptors (Lipinski definition) is 3. The molecule has 0 spiro atoms. The van der Waals surface area contributed by atoms with E-state index in [4.69, 9.17) is 4.74 Å². The molecular formula is C14H27N3O. The molecule has 0 aromatic carbocycles. The number of nitrogens with zero attached hydrogens (tertiary/aromatic N) is 2. The van der Waals surface area contributed by atoms with Gasteiger partial charge in [-0.15, -0.1) is 0 Å². The van der Waals surface area contributed by atoms with E-state index < -0.39 is 0 Å². The van der Waals surface area contributed by atoms with Gasteiger partial charge in [-0.1, -0.05) is 20.8 Å². The second kappa shape index (κ2) is 7.54. The Bertz CT molecular complexity index is 345. The van der Waals surface area contributed by atoms with Gasteiger partial charge in [-0.2, -0.15) is 5.10 Å². The van der Waals surface area contributed by atoms with Crippen molar-refractivity contribution >= 4 is 0 Å². The van der Waals surface area contributed by atoms with Gasteiger partial charge in [0.05, 0.1) is 11.8 Å². The Morgan fingerprint density at radius 2 is 2.11 bits per heavy atom. The highest BCUT2D eigenvalue weighted by Crippen LogP contribution is 2.12. The zero-order valence-corrected chi connectivity index (χ0v) is 12.4. The molecule has 0 fully saturated rings. The van der Waals surface area contributed by atoms with E-state index in [0.717, 1.165) is 31.5 Å². The van der Waals surface area contributed by atoms with Crippen molar-refractivity contribution in [3.05, 3.63) is 17.5 Å². The topological polar surface area (TPSA) is 39.1 Å². The quantitative estimate of drug-likeness (QED) is 0.769. The third-order valence-corrected chi connectivity index (χ3v) is 3.44. The van der Waals surface area contributed by atoms with Crippen LogP contribution in [-0.2, 0) is 24.6 Å². The summed E-state index contributed by atoms with van der Waals surface area (Å²) < 4.78 is 7.56. The predicted octanol–water partition coefficient (Wildman–Crippen LogP) is 1.93. The lowest BCUT2D eigenvalue weighted by atomic mass is 10.0. The van der Waals surface area contributed by atoms with E-state index in [1.54, 1.807) is 7.11 Å². The summed E-state index contributed by atoms with van der Waals surface area (Å²) in [6.45, 7) is 7.40. The number of aryl methyl sites for hydroxylation is 2. The highest BCUT2D eigenvalue weighted by Gasteiger charge is 2.20. The van der Waals surface area contributed by atoms with Crippen molar-refractivity contribution in [3.8, 4) is 0 Å². The zero-order valence-electron chi connectivity index (χ0n) is 12.4. The number of methoxy groups -OCH3 is 1. The van der Waals surface area contributed by atoms with Gasteiger partial charge >= 0.3 is 0 Å². The van der Waals surface area contributed by atoms with Gasteiger partial charge in [0.15, 0.2) is 0 Å². The number of likely N-dealkylation sites (N-methyl/N-ethyl adjacent to an activating group) is 1. The second-order valence-corrected chi connectivity index (χ2v) is 4.65. The van der Waals surface area contributed by atoms with Gasteiger partial charge in [0, 0.05) is 32.3 Å². The molecule has 1 heterocycles. The highest BCUT2D eigenvalue weighted by atomic mass is 16.5. The van der Waals surface area contributed by atoms with Gasteiger partial charge in [-0.05, 0) is 25.5 Å². The fraction of sp³-hybridized carbons (Fsp3) is 0.786. The molecule has 104 valence electrons. The van der Waals surface area contributed by atoms with Crippen LogP contribution in [-0.4, -0.2) is 35.6 Å². The van der Waals surface area contributed by atoms with Gasteiger partial charge in [-0.3, -0.25) is 4.68 Å². The van der Waals surface area contributed by atoms with Crippen LogP contribution >= 0.6 is 0 Å². The van der Waals surface area contributed by atoms with E-state index in [1.165, 1.54) is 5.69 Å². The molecular weight excluding hydrogens is 226 g/mol. The summed E-state index contributed by atoms with van der Waals surface area (Å²) in [4.78, 5) is 0. The van der Waals surface area contributed by atoms with E-state index in [1.807, 2.05) is 11.7 Å². The molecule has 1 aromatic rings. The molecule has 1 rings (SSSR count). The maximum Gasteiger partial charge on any atom is 0.0725 e. The first-order valence-electron chi connectivity index (χ1n) is 6.94. The van der Waals surface area contributed by atoms with Crippen LogP contribution in [0.5, 0.6) is 0 Å². The molecule has 0 amide bonds. The normalized spacial score (nSPS) is 14.7. The highest BCUT2D eigenvalue weighted by molar-refractivity contribution is 5.12. The zero-order chi connectivity index (χ0) is 13.5. The Kier molecular flexibility index (Phi) is 6.36. The van der Waals surface area contributed by atoms with Gasteiger partial charge in [0.1, 0.15) is 0 Å². The third kappa shape index (κ3) is 3.82. The van der Waals surface area contributed by atoms with Gasteiger partial charge in [0.25, 0.3) is 0 Å². The average Bonchev–Trinajstić information content (AvgIpc) is 2.72. The van der Waals surface area contributed by atoms with E-state index in [-0.39, 0.29) is 6.10 Å². The van der Waals surface area contributed by atoms with E-state index in [9.17, 15) is 0 Å². The van der Waals surface area contributed by atoms with Crippen LogP contribution in [0.3, 0.4) is 0 Å². The molecule has 4 nitrogen and oxygen atoms in total. The number of rotatable bonds is 8. The van der Waals surface area contributed by atoms with Crippen molar-refractivity contribution < 1.29 is 4.74 Å².